The second-order valence-corrected chi connectivity index (χ2v) is 6.74. The molecule has 1 atom stereocenters. The Morgan fingerprint density at radius 1 is 1.19 bits per heavy atom. The first kappa shape index (κ1) is 16.6. The van der Waals surface area contributed by atoms with Crippen LogP contribution in [0.2, 0.25) is 0 Å². The third kappa shape index (κ3) is 3.28. The molecule has 6 nitrogen and oxygen atoms in total. The van der Waals surface area contributed by atoms with Gasteiger partial charge in [-0.15, -0.1) is 0 Å². The Labute approximate surface area is 150 Å². The van der Waals surface area contributed by atoms with Crippen LogP contribution in [0.25, 0.3) is 10.9 Å². The van der Waals surface area contributed by atoms with Gasteiger partial charge in [0.2, 0.25) is 5.56 Å². The van der Waals surface area contributed by atoms with Crippen LogP contribution in [0.5, 0.6) is 0 Å². The van der Waals surface area contributed by atoms with Crippen molar-refractivity contribution < 1.29 is 14.1 Å². The lowest BCUT2D eigenvalue weighted by Gasteiger charge is -2.23. The molecule has 0 spiro atoms. The maximum absolute atomic E-state index is 12.8. The van der Waals surface area contributed by atoms with Crippen molar-refractivity contribution in [2.45, 2.75) is 18.9 Å². The molecule has 4 rings (SSSR count). The Hall–Kier alpha value is -2.86. The number of benzene rings is 1. The SMILES string of the molecule is O=C(NC[C@@H](c1ccco1)[NH+]1CCCC1)c1cc(=O)[nH]c2ccccc12. The van der Waals surface area contributed by atoms with E-state index in [0.29, 0.717) is 17.6 Å². The van der Waals surface area contributed by atoms with Crippen LogP contribution in [0.4, 0.5) is 0 Å². The van der Waals surface area contributed by atoms with E-state index in [-0.39, 0.29) is 17.5 Å². The number of aromatic nitrogens is 1. The summed E-state index contributed by atoms with van der Waals surface area (Å²) in [6, 6.07) is 12.6. The molecule has 1 amide bonds. The van der Waals surface area contributed by atoms with Gasteiger partial charge in [-0.1, -0.05) is 18.2 Å². The molecule has 1 saturated heterocycles. The zero-order valence-electron chi connectivity index (χ0n) is 14.5. The summed E-state index contributed by atoms with van der Waals surface area (Å²) in [4.78, 5) is 28.9. The smallest absolute Gasteiger partial charge is 0.252 e. The van der Waals surface area contributed by atoms with Gasteiger partial charge in [0.05, 0.1) is 31.5 Å². The summed E-state index contributed by atoms with van der Waals surface area (Å²) >= 11 is 0. The molecule has 3 heterocycles. The molecule has 26 heavy (non-hydrogen) atoms. The fourth-order valence-electron chi connectivity index (χ4n) is 3.80. The van der Waals surface area contributed by atoms with E-state index in [9.17, 15) is 9.59 Å². The Bertz CT molecular complexity index is 956. The average Bonchev–Trinajstić information content (AvgIpc) is 3.35. The van der Waals surface area contributed by atoms with E-state index in [4.69, 9.17) is 4.42 Å². The largest absolute Gasteiger partial charge is 0.463 e. The van der Waals surface area contributed by atoms with Crippen LogP contribution in [-0.2, 0) is 0 Å². The van der Waals surface area contributed by atoms with Crippen LogP contribution < -0.4 is 15.8 Å². The molecule has 1 aliphatic rings. The van der Waals surface area contributed by atoms with E-state index in [0.717, 1.165) is 24.2 Å². The van der Waals surface area contributed by atoms with Crippen molar-refractivity contribution in [3.63, 3.8) is 0 Å². The molecule has 0 saturated carbocycles. The number of quaternary nitrogens is 1. The van der Waals surface area contributed by atoms with Crippen LogP contribution in [0.1, 0.15) is 35.0 Å². The van der Waals surface area contributed by atoms with Crippen molar-refractivity contribution in [2.75, 3.05) is 19.6 Å². The van der Waals surface area contributed by atoms with Crippen molar-refractivity contribution in [2.24, 2.45) is 0 Å². The fraction of sp³-hybridized carbons (Fsp3) is 0.300. The molecule has 0 aliphatic carbocycles. The Kier molecular flexibility index (Phi) is 4.58. The molecule has 1 fully saturated rings. The number of carbonyl (C=O) groups excluding carboxylic acids is 1. The summed E-state index contributed by atoms with van der Waals surface area (Å²) in [7, 11) is 0. The fourth-order valence-corrected chi connectivity index (χ4v) is 3.80. The Balaban J connectivity index is 1.57. The van der Waals surface area contributed by atoms with Gasteiger partial charge in [0.15, 0.2) is 11.8 Å². The predicted octanol–water partition coefficient (Wildman–Crippen LogP) is 1.27. The number of furan rings is 1. The van der Waals surface area contributed by atoms with Gasteiger partial charge in [0, 0.05) is 29.8 Å². The number of aromatic amines is 1. The molecule has 6 heteroatoms. The molecule has 134 valence electrons. The van der Waals surface area contributed by atoms with E-state index >= 15 is 0 Å². The van der Waals surface area contributed by atoms with E-state index in [1.807, 2.05) is 30.3 Å². The lowest BCUT2D eigenvalue weighted by molar-refractivity contribution is -0.919. The molecule has 0 radical (unpaired) electrons. The van der Waals surface area contributed by atoms with Crippen molar-refractivity contribution >= 4 is 16.8 Å². The second-order valence-electron chi connectivity index (χ2n) is 6.74. The van der Waals surface area contributed by atoms with Crippen molar-refractivity contribution in [3.8, 4) is 0 Å². The zero-order valence-corrected chi connectivity index (χ0v) is 14.5. The molecule has 1 aliphatic heterocycles. The number of likely N-dealkylation sites (tertiary alicyclic amines) is 1. The monoisotopic (exact) mass is 352 g/mol. The zero-order chi connectivity index (χ0) is 17.9. The molecule has 0 bridgehead atoms. The lowest BCUT2D eigenvalue weighted by atomic mass is 10.1. The van der Waals surface area contributed by atoms with Crippen molar-refractivity contribution in [3.05, 3.63) is 70.4 Å². The number of rotatable bonds is 5. The predicted molar refractivity (Wildman–Crippen MR) is 98.3 cm³/mol. The molecule has 3 N–H and O–H groups in total. The number of H-pyrrole nitrogens is 1. The van der Waals surface area contributed by atoms with Gasteiger partial charge < -0.3 is 19.6 Å². The maximum Gasteiger partial charge on any atom is 0.252 e. The first-order chi connectivity index (χ1) is 12.7. The summed E-state index contributed by atoms with van der Waals surface area (Å²) in [6.45, 7) is 2.63. The highest BCUT2D eigenvalue weighted by atomic mass is 16.3. The Morgan fingerprint density at radius 3 is 2.77 bits per heavy atom. The topological polar surface area (TPSA) is 79.5 Å². The number of nitrogens with one attached hydrogen (secondary N) is 3. The summed E-state index contributed by atoms with van der Waals surface area (Å²) in [6.07, 6.45) is 4.06. The third-order valence-corrected chi connectivity index (χ3v) is 5.09. The number of hydrogen-bond acceptors (Lipinski definition) is 3. The molecule has 0 unspecified atom stereocenters. The summed E-state index contributed by atoms with van der Waals surface area (Å²) in [5.41, 5.74) is 0.790. The van der Waals surface area contributed by atoms with E-state index < -0.39 is 0 Å². The standard InChI is InChI=1S/C20H21N3O3/c24-19-12-15(14-6-1-2-7-16(14)22-19)20(25)21-13-17(18-8-5-11-26-18)23-9-3-4-10-23/h1-2,5-8,11-12,17H,3-4,9-10,13H2,(H,21,25)(H,22,24)/p+1/t17-/m0/s1. The van der Waals surface area contributed by atoms with Gasteiger partial charge in [-0.25, -0.2) is 0 Å². The van der Waals surface area contributed by atoms with Crippen LogP contribution in [0, 0.1) is 0 Å². The van der Waals surface area contributed by atoms with Gasteiger partial charge >= 0.3 is 0 Å². The highest BCUT2D eigenvalue weighted by Gasteiger charge is 2.30. The minimum Gasteiger partial charge on any atom is -0.463 e. The average molecular weight is 352 g/mol. The van der Waals surface area contributed by atoms with Gasteiger partial charge in [0.25, 0.3) is 5.91 Å². The maximum atomic E-state index is 12.8. The number of hydrogen-bond donors (Lipinski definition) is 3. The van der Waals surface area contributed by atoms with Crippen LogP contribution >= 0.6 is 0 Å². The highest BCUT2D eigenvalue weighted by molar-refractivity contribution is 6.05. The van der Waals surface area contributed by atoms with Crippen LogP contribution in [0.3, 0.4) is 0 Å². The summed E-state index contributed by atoms with van der Waals surface area (Å²) in [5.74, 6) is 0.653. The molecule has 3 aromatic rings. The van der Waals surface area contributed by atoms with E-state index in [2.05, 4.69) is 10.3 Å². The van der Waals surface area contributed by atoms with E-state index in [1.165, 1.54) is 23.8 Å². The van der Waals surface area contributed by atoms with Crippen LogP contribution in [-0.4, -0.2) is 30.5 Å². The summed E-state index contributed by atoms with van der Waals surface area (Å²) in [5, 5.41) is 3.75. The highest BCUT2D eigenvalue weighted by Crippen LogP contribution is 2.15. The van der Waals surface area contributed by atoms with Gasteiger partial charge in [0.1, 0.15) is 0 Å². The third-order valence-electron chi connectivity index (χ3n) is 5.09. The van der Waals surface area contributed by atoms with Crippen molar-refractivity contribution in [1.82, 2.24) is 10.3 Å². The number of para-hydroxylation sites is 1. The van der Waals surface area contributed by atoms with Crippen molar-refractivity contribution in [1.29, 1.82) is 0 Å². The molecular weight excluding hydrogens is 330 g/mol. The number of carbonyl (C=O) groups is 1. The Morgan fingerprint density at radius 2 is 2.00 bits per heavy atom. The first-order valence-corrected chi connectivity index (χ1v) is 9.00. The quantitative estimate of drug-likeness (QED) is 0.647. The van der Waals surface area contributed by atoms with Gasteiger partial charge in [-0.05, 0) is 18.2 Å². The molecular formula is C20H22N3O3+. The normalized spacial score (nSPS) is 16.0. The minimum atomic E-state index is -0.276. The first-order valence-electron chi connectivity index (χ1n) is 9.00. The molecule has 1 aromatic carbocycles. The number of pyridine rings is 1. The van der Waals surface area contributed by atoms with E-state index in [1.54, 1.807) is 12.3 Å². The number of fused-ring (bicyclic) bond motifs is 1. The lowest BCUT2D eigenvalue weighted by Crippen LogP contribution is -3.11. The van der Waals surface area contributed by atoms with Gasteiger partial charge in [-0.3, -0.25) is 9.59 Å². The van der Waals surface area contributed by atoms with Gasteiger partial charge in [-0.2, -0.15) is 0 Å². The number of amides is 1. The van der Waals surface area contributed by atoms with Crippen LogP contribution in [0.15, 0.2) is 57.9 Å². The second kappa shape index (κ2) is 7.17. The summed E-state index contributed by atoms with van der Waals surface area (Å²) < 4.78 is 5.61. The molecule has 2 aromatic heterocycles. The minimum absolute atomic E-state index is 0.0877.